The molecule has 0 aromatic rings. The topological polar surface area (TPSA) is 41.1 Å². The van der Waals surface area contributed by atoms with Gasteiger partial charge in [-0.2, -0.15) is 0 Å². The van der Waals surface area contributed by atoms with Gasteiger partial charge in [0.05, 0.1) is 5.41 Å². The van der Waals surface area contributed by atoms with E-state index in [4.69, 9.17) is 0 Å². The van der Waals surface area contributed by atoms with Gasteiger partial charge in [0.15, 0.2) is 0 Å². The van der Waals surface area contributed by atoms with E-state index >= 15 is 0 Å². The first kappa shape index (κ1) is 18.8. The Labute approximate surface area is 108 Å². The second-order valence-electron chi connectivity index (χ2n) is 3.82. The summed E-state index contributed by atoms with van der Waals surface area (Å²) in [5.74, 6) is 0.221. The molecule has 0 aliphatic carbocycles. The van der Waals surface area contributed by atoms with Crippen molar-refractivity contribution in [1.82, 2.24) is 10.6 Å². The van der Waals surface area contributed by atoms with Gasteiger partial charge in [-0.3, -0.25) is 4.79 Å². The van der Waals surface area contributed by atoms with Crippen molar-refractivity contribution in [2.75, 3.05) is 20.1 Å². The predicted octanol–water partition coefficient (Wildman–Crippen LogP) is 2.95. The fourth-order valence-corrected chi connectivity index (χ4v) is 2.14. The van der Waals surface area contributed by atoms with Crippen LogP contribution in [0.25, 0.3) is 0 Å². The molecular formula is C14H32N2O. The first-order valence-electron chi connectivity index (χ1n) is 7.18. The molecule has 1 saturated heterocycles. The highest BCUT2D eigenvalue weighted by atomic mass is 16.2. The zero-order valence-corrected chi connectivity index (χ0v) is 12.7. The maximum Gasteiger partial charge on any atom is 0.225 e. The number of amides is 1. The standard InChI is InChI=1S/C10H20N2O.2C2H6/c1-3-10(9(13)11-2)5-4-7-12-8-6-10;2*1-2/h12H,3-8H2,1-2H3,(H,11,13);2*1-2H3. The fourth-order valence-electron chi connectivity index (χ4n) is 2.14. The van der Waals surface area contributed by atoms with E-state index in [0.29, 0.717) is 0 Å². The molecule has 17 heavy (non-hydrogen) atoms. The average molecular weight is 244 g/mol. The molecule has 0 radical (unpaired) electrons. The molecule has 0 aromatic heterocycles. The first-order valence-corrected chi connectivity index (χ1v) is 7.18. The summed E-state index contributed by atoms with van der Waals surface area (Å²) in [6.07, 6.45) is 4.06. The van der Waals surface area contributed by atoms with Crippen LogP contribution in [0.2, 0.25) is 0 Å². The number of hydrogen-bond acceptors (Lipinski definition) is 2. The van der Waals surface area contributed by atoms with Crippen molar-refractivity contribution < 1.29 is 4.79 Å². The molecule has 1 rings (SSSR count). The SMILES string of the molecule is CC.CC.CCC1(C(=O)NC)CCCNCC1. The Morgan fingerprint density at radius 1 is 1.18 bits per heavy atom. The van der Waals surface area contributed by atoms with E-state index in [1.54, 1.807) is 7.05 Å². The number of carbonyl (C=O) groups is 1. The molecule has 2 N–H and O–H groups in total. The van der Waals surface area contributed by atoms with Crippen LogP contribution in [0.15, 0.2) is 0 Å². The molecule has 1 fully saturated rings. The van der Waals surface area contributed by atoms with Gasteiger partial charge in [0.2, 0.25) is 5.91 Å². The molecule has 1 aliphatic rings. The number of nitrogens with one attached hydrogen (secondary N) is 2. The monoisotopic (exact) mass is 244 g/mol. The van der Waals surface area contributed by atoms with Crippen molar-refractivity contribution in [2.24, 2.45) is 5.41 Å². The van der Waals surface area contributed by atoms with E-state index in [1.807, 2.05) is 27.7 Å². The molecule has 1 unspecified atom stereocenters. The second-order valence-corrected chi connectivity index (χ2v) is 3.82. The molecule has 1 heterocycles. The van der Waals surface area contributed by atoms with Crippen LogP contribution in [-0.2, 0) is 4.79 Å². The van der Waals surface area contributed by atoms with Crippen molar-refractivity contribution in [1.29, 1.82) is 0 Å². The van der Waals surface area contributed by atoms with Crippen LogP contribution in [0.4, 0.5) is 0 Å². The van der Waals surface area contributed by atoms with Crippen LogP contribution in [0.1, 0.15) is 60.3 Å². The van der Waals surface area contributed by atoms with Gasteiger partial charge >= 0.3 is 0 Å². The highest BCUT2D eigenvalue weighted by molar-refractivity contribution is 5.82. The lowest BCUT2D eigenvalue weighted by molar-refractivity contribution is -0.131. The van der Waals surface area contributed by atoms with E-state index < -0.39 is 0 Å². The van der Waals surface area contributed by atoms with Crippen molar-refractivity contribution in [3.8, 4) is 0 Å². The average Bonchev–Trinajstić information content (AvgIpc) is 2.68. The third-order valence-corrected chi connectivity index (χ3v) is 3.17. The Balaban J connectivity index is 0. The summed E-state index contributed by atoms with van der Waals surface area (Å²) in [6, 6.07) is 0. The van der Waals surface area contributed by atoms with E-state index in [2.05, 4.69) is 17.6 Å². The number of hydrogen-bond donors (Lipinski definition) is 2. The lowest BCUT2D eigenvalue weighted by atomic mass is 9.77. The Morgan fingerprint density at radius 2 is 1.76 bits per heavy atom. The molecular weight excluding hydrogens is 212 g/mol. The molecule has 0 saturated carbocycles. The normalized spacial score (nSPS) is 23.2. The highest BCUT2D eigenvalue weighted by Gasteiger charge is 2.35. The molecule has 3 heteroatoms. The molecule has 1 atom stereocenters. The van der Waals surface area contributed by atoms with Crippen molar-refractivity contribution >= 4 is 5.91 Å². The molecule has 0 spiro atoms. The zero-order valence-electron chi connectivity index (χ0n) is 12.7. The van der Waals surface area contributed by atoms with E-state index in [0.717, 1.165) is 38.8 Å². The van der Waals surface area contributed by atoms with Crippen molar-refractivity contribution in [2.45, 2.75) is 60.3 Å². The summed E-state index contributed by atoms with van der Waals surface area (Å²) in [7, 11) is 1.73. The molecule has 3 nitrogen and oxygen atoms in total. The summed E-state index contributed by atoms with van der Waals surface area (Å²) >= 11 is 0. The molecule has 1 aliphatic heterocycles. The Kier molecular flexibility index (Phi) is 13.2. The van der Waals surface area contributed by atoms with Crippen LogP contribution < -0.4 is 10.6 Å². The molecule has 0 bridgehead atoms. The third kappa shape index (κ3) is 6.06. The van der Waals surface area contributed by atoms with E-state index in [1.165, 1.54) is 0 Å². The minimum atomic E-state index is -0.0990. The van der Waals surface area contributed by atoms with Gasteiger partial charge in [-0.1, -0.05) is 34.6 Å². The fraction of sp³-hybridized carbons (Fsp3) is 0.929. The molecule has 0 aromatic carbocycles. The van der Waals surface area contributed by atoms with Crippen LogP contribution in [0.3, 0.4) is 0 Å². The van der Waals surface area contributed by atoms with Gasteiger partial charge in [0, 0.05) is 7.05 Å². The van der Waals surface area contributed by atoms with Crippen LogP contribution in [0, 0.1) is 5.41 Å². The Bertz CT molecular complexity index is 173. The van der Waals surface area contributed by atoms with Gasteiger partial charge in [0.25, 0.3) is 0 Å². The van der Waals surface area contributed by atoms with Gasteiger partial charge in [0.1, 0.15) is 0 Å². The summed E-state index contributed by atoms with van der Waals surface area (Å²) in [5, 5.41) is 6.12. The van der Waals surface area contributed by atoms with Gasteiger partial charge in [-0.15, -0.1) is 0 Å². The maximum absolute atomic E-state index is 11.7. The van der Waals surface area contributed by atoms with Crippen molar-refractivity contribution in [3.05, 3.63) is 0 Å². The number of rotatable bonds is 2. The lowest BCUT2D eigenvalue weighted by Gasteiger charge is -2.28. The van der Waals surface area contributed by atoms with Crippen molar-refractivity contribution in [3.63, 3.8) is 0 Å². The first-order chi connectivity index (χ1) is 8.25. The highest BCUT2D eigenvalue weighted by Crippen LogP contribution is 2.33. The summed E-state index contributed by atoms with van der Waals surface area (Å²) in [6.45, 7) is 12.1. The maximum atomic E-state index is 11.7. The zero-order chi connectivity index (χ0) is 13.7. The van der Waals surface area contributed by atoms with E-state index in [-0.39, 0.29) is 11.3 Å². The van der Waals surface area contributed by atoms with Crippen LogP contribution >= 0.6 is 0 Å². The molecule has 104 valence electrons. The quantitative estimate of drug-likeness (QED) is 0.784. The van der Waals surface area contributed by atoms with Crippen LogP contribution in [-0.4, -0.2) is 26.0 Å². The smallest absolute Gasteiger partial charge is 0.225 e. The Hall–Kier alpha value is -0.570. The minimum Gasteiger partial charge on any atom is -0.359 e. The van der Waals surface area contributed by atoms with Gasteiger partial charge in [-0.05, 0) is 38.8 Å². The summed E-state index contributed by atoms with van der Waals surface area (Å²) in [5.41, 5.74) is -0.0990. The third-order valence-electron chi connectivity index (χ3n) is 3.17. The Morgan fingerprint density at radius 3 is 2.24 bits per heavy atom. The van der Waals surface area contributed by atoms with Gasteiger partial charge < -0.3 is 10.6 Å². The summed E-state index contributed by atoms with van der Waals surface area (Å²) < 4.78 is 0. The van der Waals surface area contributed by atoms with Crippen LogP contribution in [0.5, 0.6) is 0 Å². The lowest BCUT2D eigenvalue weighted by Crippen LogP contribution is -2.39. The largest absolute Gasteiger partial charge is 0.359 e. The predicted molar refractivity (Wildman–Crippen MR) is 76.2 cm³/mol. The van der Waals surface area contributed by atoms with Gasteiger partial charge in [-0.25, -0.2) is 0 Å². The summed E-state index contributed by atoms with van der Waals surface area (Å²) in [4.78, 5) is 11.7. The minimum absolute atomic E-state index is 0.0990. The molecule has 1 amide bonds. The number of carbonyl (C=O) groups excluding carboxylic acids is 1. The van der Waals surface area contributed by atoms with E-state index in [9.17, 15) is 4.79 Å². The second kappa shape index (κ2) is 11.9.